The molecule has 3 amide bonds. The molecule has 27 heavy (non-hydrogen) atoms. The minimum absolute atomic E-state index is 0.126. The molecule has 2 aromatic carbocycles. The molecule has 0 spiro atoms. The number of carbonyl (C=O) groups is 3. The molecular weight excluding hydrogens is 340 g/mol. The normalized spacial score (nSPS) is 19.7. The van der Waals surface area contributed by atoms with Gasteiger partial charge in [0.15, 0.2) is 0 Å². The zero-order valence-corrected chi connectivity index (χ0v) is 15.6. The molecule has 2 aliphatic heterocycles. The SMILES string of the molecule is C[C@@H]1CCCCN1C(=O)CCCN1C(=O)c2cccc3cccc(c23)C1=O. The van der Waals surface area contributed by atoms with Crippen LogP contribution in [0.25, 0.3) is 10.8 Å². The number of nitrogens with zero attached hydrogens (tertiary/aromatic N) is 2. The lowest BCUT2D eigenvalue weighted by Crippen LogP contribution is -2.43. The van der Waals surface area contributed by atoms with Crippen molar-refractivity contribution < 1.29 is 14.4 Å². The highest BCUT2D eigenvalue weighted by molar-refractivity contribution is 6.25. The van der Waals surface area contributed by atoms with Crippen LogP contribution in [0.1, 0.15) is 59.7 Å². The summed E-state index contributed by atoms with van der Waals surface area (Å²) in [5, 5.41) is 1.64. The Labute approximate surface area is 158 Å². The average molecular weight is 364 g/mol. The van der Waals surface area contributed by atoms with Crippen LogP contribution in [-0.4, -0.2) is 46.7 Å². The Kier molecular flexibility index (Phi) is 4.68. The summed E-state index contributed by atoms with van der Waals surface area (Å²) in [6, 6.07) is 11.3. The van der Waals surface area contributed by atoms with Gasteiger partial charge in [0.05, 0.1) is 0 Å². The third-order valence-electron chi connectivity index (χ3n) is 5.75. The van der Waals surface area contributed by atoms with E-state index in [2.05, 4.69) is 6.92 Å². The van der Waals surface area contributed by atoms with Crippen molar-refractivity contribution in [3.05, 3.63) is 47.5 Å². The molecule has 2 aliphatic rings. The second-order valence-corrected chi connectivity index (χ2v) is 7.51. The highest BCUT2D eigenvalue weighted by Gasteiger charge is 2.32. The van der Waals surface area contributed by atoms with Gasteiger partial charge in [0.25, 0.3) is 11.8 Å². The van der Waals surface area contributed by atoms with Crippen LogP contribution >= 0.6 is 0 Å². The van der Waals surface area contributed by atoms with Gasteiger partial charge in [-0.3, -0.25) is 19.3 Å². The van der Waals surface area contributed by atoms with Gasteiger partial charge in [-0.05, 0) is 50.1 Å². The zero-order valence-electron chi connectivity index (χ0n) is 15.6. The molecule has 0 N–H and O–H groups in total. The van der Waals surface area contributed by atoms with E-state index in [0.29, 0.717) is 24.0 Å². The molecule has 0 saturated carbocycles. The van der Waals surface area contributed by atoms with Crippen molar-refractivity contribution in [2.24, 2.45) is 0 Å². The Morgan fingerprint density at radius 1 is 1.04 bits per heavy atom. The summed E-state index contributed by atoms with van der Waals surface area (Å²) in [5.41, 5.74) is 1.14. The Bertz CT molecular complexity index is 870. The van der Waals surface area contributed by atoms with Crippen molar-refractivity contribution in [1.82, 2.24) is 9.80 Å². The molecule has 1 saturated heterocycles. The molecule has 0 bridgehead atoms. The summed E-state index contributed by atoms with van der Waals surface area (Å²) < 4.78 is 0. The van der Waals surface area contributed by atoms with Gasteiger partial charge in [0, 0.05) is 42.1 Å². The van der Waals surface area contributed by atoms with Gasteiger partial charge in [0.2, 0.25) is 5.91 Å². The van der Waals surface area contributed by atoms with Gasteiger partial charge >= 0.3 is 0 Å². The van der Waals surface area contributed by atoms with Gasteiger partial charge in [-0.1, -0.05) is 24.3 Å². The van der Waals surface area contributed by atoms with E-state index in [0.717, 1.165) is 30.2 Å². The lowest BCUT2D eigenvalue weighted by Gasteiger charge is -2.33. The first kappa shape index (κ1) is 17.7. The van der Waals surface area contributed by atoms with E-state index in [1.165, 1.54) is 11.3 Å². The molecule has 140 valence electrons. The summed E-state index contributed by atoms with van der Waals surface area (Å²) in [6.45, 7) is 3.18. The average Bonchev–Trinajstić information content (AvgIpc) is 2.68. The van der Waals surface area contributed by atoms with Crippen LogP contribution in [0, 0.1) is 0 Å². The highest BCUT2D eigenvalue weighted by Crippen LogP contribution is 2.30. The highest BCUT2D eigenvalue weighted by atomic mass is 16.2. The van der Waals surface area contributed by atoms with Crippen LogP contribution in [0.3, 0.4) is 0 Å². The third-order valence-corrected chi connectivity index (χ3v) is 5.75. The fourth-order valence-electron chi connectivity index (χ4n) is 4.28. The fraction of sp³-hybridized carbons (Fsp3) is 0.409. The first-order valence-electron chi connectivity index (χ1n) is 9.75. The largest absolute Gasteiger partial charge is 0.340 e. The predicted octanol–water partition coefficient (Wildman–Crippen LogP) is 3.62. The van der Waals surface area contributed by atoms with Crippen molar-refractivity contribution in [3.8, 4) is 0 Å². The van der Waals surface area contributed by atoms with E-state index in [1.54, 1.807) is 12.1 Å². The summed E-state index contributed by atoms with van der Waals surface area (Å²) in [6.07, 6.45) is 4.15. The Morgan fingerprint density at radius 3 is 2.33 bits per heavy atom. The molecule has 2 aromatic rings. The van der Waals surface area contributed by atoms with E-state index in [9.17, 15) is 14.4 Å². The van der Waals surface area contributed by atoms with Crippen LogP contribution in [0.4, 0.5) is 0 Å². The number of rotatable bonds is 4. The maximum absolute atomic E-state index is 12.9. The number of benzene rings is 2. The molecule has 5 nitrogen and oxygen atoms in total. The smallest absolute Gasteiger partial charge is 0.261 e. The van der Waals surface area contributed by atoms with Gasteiger partial charge in [-0.15, -0.1) is 0 Å². The van der Waals surface area contributed by atoms with Crippen LogP contribution in [0.5, 0.6) is 0 Å². The summed E-state index contributed by atoms with van der Waals surface area (Å²) >= 11 is 0. The van der Waals surface area contributed by atoms with E-state index in [4.69, 9.17) is 0 Å². The van der Waals surface area contributed by atoms with Crippen molar-refractivity contribution in [3.63, 3.8) is 0 Å². The number of piperidine rings is 1. The molecule has 0 aromatic heterocycles. The van der Waals surface area contributed by atoms with E-state index in [1.807, 2.05) is 29.2 Å². The number of carbonyl (C=O) groups excluding carboxylic acids is 3. The van der Waals surface area contributed by atoms with Crippen molar-refractivity contribution >= 4 is 28.5 Å². The van der Waals surface area contributed by atoms with E-state index >= 15 is 0 Å². The molecule has 0 radical (unpaired) electrons. The van der Waals surface area contributed by atoms with Gasteiger partial charge < -0.3 is 4.90 Å². The molecule has 1 atom stereocenters. The monoisotopic (exact) mass is 364 g/mol. The zero-order chi connectivity index (χ0) is 19.0. The van der Waals surface area contributed by atoms with Crippen LogP contribution in [0.15, 0.2) is 36.4 Å². The van der Waals surface area contributed by atoms with Crippen molar-refractivity contribution in [2.75, 3.05) is 13.1 Å². The molecule has 2 heterocycles. The third kappa shape index (κ3) is 3.11. The second kappa shape index (κ2) is 7.14. The lowest BCUT2D eigenvalue weighted by atomic mass is 9.94. The molecule has 0 unspecified atom stereocenters. The minimum atomic E-state index is -0.261. The van der Waals surface area contributed by atoms with Crippen LogP contribution < -0.4 is 0 Å². The van der Waals surface area contributed by atoms with E-state index < -0.39 is 0 Å². The molecule has 0 aliphatic carbocycles. The molecular formula is C22H24N2O3. The molecule has 4 rings (SSSR count). The van der Waals surface area contributed by atoms with Crippen molar-refractivity contribution in [1.29, 1.82) is 0 Å². The maximum Gasteiger partial charge on any atom is 0.261 e. The minimum Gasteiger partial charge on any atom is -0.340 e. The molecule has 5 heteroatoms. The number of amides is 3. The van der Waals surface area contributed by atoms with Gasteiger partial charge in [-0.25, -0.2) is 0 Å². The van der Waals surface area contributed by atoms with Crippen molar-refractivity contribution in [2.45, 2.75) is 45.1 Å². The van der Waals surface area contributed by atoms with Gasteiger partial charge in [-0.2, -0.15) is 0 Å². The first-order valence-corrected chi connectivity index (χ1v) is 9.75. The number of hydrogen-bond donors (Lipinski definition) is 0. The van der Waals surface area contributed by atoms with E-state index in [-0.39, 0.29) is 30.3 Å². The fourth-order valence-corrected chi connectivity index (χ4v) is 4.28. The number of likely N-dealkylation sites (tertiary alicyclic amines) is 1. The Balaban J connectivity index is 1.47. The standard InChI is InChI=1S/C22H24N2O3/c1-15-7-2-3-13-23(15)19(25)12-6-14-24-21(26)17-10-4-8-16-9-5-11-18(20(16)17)22(24)27/h4-5,8-11,15H,2-3,6-7,12-14H2,1H3/t15-/m1/s1. The second-order valence-electron chi connectivity index (χ2n) is 7.51. The van der Waals surface area contributed by atoms with Crippen LogP contribution in [0.2, 0.25) is 0 Å². The topological polar surface area (TPSA) is 57.7 Å². The lowest BCUT2D eigenvalue weighted by molar-refractivity contribution is -0.134. The summed E-state index contributed by atoms with van der Waals surface area (Å²) in [7, 11) is 0. The summed E-state index contributed by atoms with van der Waals surface area (Å²) in [5.74, 6) is -0.396. The van der Waals surface area contributed by atoms with Gasteiger partial charge in [0.1, 0.15) is 0 Å². The van der Waals surface area contributed by atoms with Crippen LogP contribution in [-0.2, 0) is 4.79 Å². The molecule has 1 fully saturated rings. The Morgan fingerprint density at radius 2 is 1.70 bits per heavy atom. The quantitative estimate of drug-likeness (QED) is 0.779. The first-order chi connectivity index (χ1) is 13.1. The Hall–Kier alpha value is -2.69. The summed E-state index contributed by atoms with van der Waals surface area (Å²) in [4.78, 5) is 41.4. The maximum atomic E-state index is 12.9. The number of imide groups is 1. The predicted molar refractivity (Wildman–Crippen MR) is 104 cm³/mol. The number of hydrogen-bond acceptors (Lipinski definition) is 3.